The molecule has 5 heteroatoms. The highest BCUT2D eigenvalue weighted by molar-refractivity contribution is 9.10. The predicted molar refractivity (Wildman–Crippen MR) is 59.7 cm³/mol. The first-order chi connectivity index (χ1) is 7.02. The Hall–Kier alpha value is -0.810. The van der Waals surface area contributed by atoms with Gasteiger partial charge in [-0.2, -0.15) is 0 Å². The Kier molecular flexibility index (Phi) is 4.35. The Balaban J connectivity index is 2.57. The van der Waals surface area contributed by atoms with Crippen LogP contribution in [0.5, 0.6) is 0 Å². The number of halogens is 1. The second-order valence-corrected chi connectivity index (χ2v) is 4.19. The average molecular weight is 276 g/mol. The molecule has 1 unspecified atom stereocenters. The van der Waals surface area contributed by atoms with Gasteiger partial charge in [-0.25, -0.2) is 0 Å². The molecule has 0 aliphatic rings. The standard InChI is InChI=1S/C10H14BrNO3/c1-7(13)3-5-12(2)10(14)8-4-6-15-9(8)11/h4,6-7,13H,3,5H2,1-2H3. The van der Waals surface area contributed by atoms with Crippen LogP contribution in [0.25, 0.3) is 0 Å². The number of aliphatic hydroxyl groups excluding tert-OH is 1. The number of hydrogen-bond acceptors (Lipinski definition) is 3. The Morgan fingerprint density at radius 3 is 2.87 bits per heavy atom. The van der Waals surface area contributed by atoms with Gasteiger partial charge in [0.05, 0.1) is 17.9 Å². The summed E-state index contributed by atoms with van der Waals surface area (Å²) in [7, 11) is 1.70. The molecule has 84 valence electrons. The van der Waals surface area contributed by atoms with Crippen molar-refractivity contribution < 1.29 is 14.3 Å². The van der Waals surface area contributed by atoms with Crippen molar-refractivity contribution in [2.75, 3.05) is 13.6 Å². The molecule has 1 atom stereocenters. The van der Waals surface area contributed by atoms with E-state index in [2.05, 4.69) is 15.9 Å². The van der Waals surface area contributed by atoms with Crippen molar-refractivity contribution in [2.45, 2.75) is 19.4 Å². The summed E-state index contributed by atoms with van der Waals surface area (Å²) in [5, 5.41) is 9.10. The molecule has 0 fully saturated rings. The largest absolute Gasteiger partial charge is 0.457 e. The van der Waals surface area contributed by atoms with E-state index in [1.165, 1.54) is 6.26 Å². The molecule has 1 amide bonds. The van der Waals surface area contributed by atoms with E-state index in [0.717, 1.165) is 0 Å². The van der Waals surface area contributed by atoms with Gasteiger partial charge in [0.15, 0.2) is 4.67 Å². The van der Waals surface area contributed by atoms with Crippen LogP contribution in [0.2, 0.25) is 0 Å². The molecular formula is C10H14BrNO3. The van der Waals surface area contributed by atoms with Crippen LogP contribution in [0.3, 0.4) is 0 Å². The predicted octanol–water partition coefficient (Wildman–Crippen LogP) is 1.89. The molecule has 1 N–H and O–H groups in total. The van der Waals surface area contributed by atoms with E-state index < -0.39 is 6.10 Å². The first-order valence-electron chi connectivity index (χ1n) is 4.69. The van der Waals surface area contributed by atoms with Gasteiger partial charge < -0.3 is 14.4 Å². The molecule has 0 aliphatic heterocycles. The normalized spacial score (nSPS) is 12.5. The smallest absolute Gasteiger partial charge is 0.258 e. The highest BCUT2D eigenvalue weighted by Crippen LogP contribution is 2.18. The van der Waals surface area contributed by atoms with E-state index in [1.54, 1.807) is 24.9 Å². The van der Waals surface area contributed by atoms with Crippen LogP contribution in [0.1, 0.15) is 23.7 Å². The van der Waals surface area contributed by atoms with Crippen molar-refractivity contribution in [1.29, 1.82) is 0 Å². The summed E-state index contributed by atoms with van der Waals surface area (Å²) in [4.78, 5) is 13.4. The summed E-state index contributed by atoms with van der Waals surface area (Å²) in [6.45, 7) is 2.22. The number of rotatable bonds is 4. The third-order valence-electron chi connectivity index (χ3n) is 2.08. The lowest BCUT2D eigenvalue weighted by Gasteiger charge is -2.17. The van der Waals surface area contributed by atoms with Gasteiger partial charge in [0, 0.05) is 13.6 Å². The van der Waals surface area contributed by atoms with Gasteiger partial charge >= 0.3 is 0 Å². The molecule has 1 heterocycles. The van der Waals surface area contributed by atoms with Crippen LogP contribution in [-0.2, 0) is 0 Å². The molecule has 0 aromatic carbocycles. The minimum Gasteiger partial charge on any atom is -0.457 e. The Labute approximate surface area is 97.0 Å². The second-order valence-electron chi connectivity index (χ2n) is 3.47. The quantitative estimate of drug-likeness (QED) is 0.913. The lowest BCUT2D eigenvalue weighted by molar-refractivity contribution is 0.0767. The van der Waals surface area contributed by atoms with Crippen LogP contribution in [0.4, 0.5) is 0 Å². The summed E-state index contributed by atoms with van der Waals surface area (Å²) in [6.07, 6.45) is 1.63. The second kappa shape index (κ2) is 5.32. The SMILES string of the molecule is CC(O)CCN(C)C(=O)c1ccoc1Br. The van der Waals surface area contributed by atoms with Gasteiger partial charge in [0.1, 0.15) is 0 Å². The van der Waals surface area contributed by atoms with Gasteiger partial charge in [-0.3, -0.25) is 4.79 Å². The summed E-state index contributed by atoms with van der Waals surface area (Å²) in [6, 6.07) is 1.62. The number of amides is 1. The Bertz CT molecular complexity index is 335. The minimum atomic E-state index is -0.395. The summed E-state index contributed by atoms with van der Waals surface area (Å²) >= 11 is 3.15. The molecule has 0 spiro atoms. The molecule has 0 saturated carbocycles. The molecule has 0 radical (unpaired) electrons. The maximum Gasteiger partial charge on any atom is 0.258 e. The summed E-state index contributed by atoms with van der Waals surface area (Å²) in [5.41, 5.74) is 0.503. The summed E-state index contributed by atoms with van der Waals surface area (Å²) in [5.74, 6) is -0.115. The Morgan fingerprint density at radius 2 is 2.40 bits per heavy atom. The molecule has 1 aromatic heterocycles. The highest BCUT2D eigenvalue weighted by Gasteiger charge is 2.16. The fourth-order valence-electron chi connectivity index (χ4n) is 1.13. The van der Waals surface area contributed by atoms with E-state index in [-0.39, 0.29) is 5.91 Å². The molecule has 15 heavy (non-hydrogen) atoms. The van der Waals surface area contributed by atoms with Crippen LogP contribution < -0.4 is 0 Å². The third kappa shape index (κ3) is 3.35. The first-order valence-corrected chi connectivity index (χ1v) is 5.48. The van der Waals surface area contributed by atoms with Gasteiger partial charge in [0.2, 0.25) is 0 Å². The lowest BCUT2D eigenvalue weighted by atomic mass is 10.2. The van der Waals surface area contributed by atoms with Crippen molar-refractivity contribution in [3.8, 4) is 0 Å². The van der Waals surface area contributed by atoms with Gasteiger partial charge in [0.25, 0.3) is 5.91 Å². The molecular weight excluding hydrogens is 262 g/mol. The van der Waals surface area contributed by atoms with Crippen molar-refractivity contribution in [3.63, 3.8) is 0 Å². The maximum atomic E-state index is 11.8. The first kappa shape index (κ1) is 12.3. The number of aliphatic hydroxyl groups is 1. The maximum absolute atomic E-state index is 11.8. The van der Waals surface area contributed by atoms with Gasteiger partial charge in [-0.05, 0) is 35.3 Å². The topological polar surface area (TPSA) is 53.7 Å². The van der Waals surface area contributed by atoms with E-state index in [4.69, 9.17) is 9.52 Å². The van der Waals surface area contributed by atoms with E-state index >= 15 is 0 Å². The van der Waals surface area contributed by atoms with E-state index in [0.29, 0.717) is 23.2 Å². The zero-order valence-electron chi connectivity index (χ0n) is 8.74. The molecule has 1 aromatic rings. The van der Waals surface area contributed by atoms with Gasteiger partial charge in [-0.15, -0.1) is 0 Å². The number of nitrogens with zero attached hydrogens (tertiary/aromatic N) is 1. The lowest BCUT2D eigenvalue weighted by Crippen LogP contribution is -2.29. The molecule has 0 bridgehead atoms. The molecule has 1 rings (SSSR count). The summed E-state index contributed by atoms with van der Waals surface area (Å²) < 4.78 is 5.42. The van der Waals surface area contributed by atoms with E-state index in [1.807, 2.05) is 0 Å². The number of hydrogen-bond donors (Lipinski definition) is 1. The van der Waals surface area contributed by atoms with Crippen LogP contribution in [0, 0.1) is 0 Å². The monoisotopic (exact) mass is 275 g/mol. The molecule has 0 aliphatic carbocycles. The van der Waals surface area contributed by atoms with Crippen LogP contribution >= 0.6 is 15.9 Å². The average Bonchev–Trinajstić information content (AvgIpc) is 2.59. The molecule has 4 nitrogen and oxygen atoms in total. The minimum absolute atomic E-state index is 0.115. The fraction of sp³-hybridized carbons (Fsp3) is 0.500. The number of furan rings is 1. The number of carbonyl (C=O) groups is 1. The highest BCUT2D eigenvalue weighted by atomic mass is 79.9. The molecule has 0 saturated heterocycles. The fourth-order valence-corrected chi connectivity index (χ4v) is 1.54. The van der Waals surface area contributed by atoms with Crippen molar-refractivity contribution in [2.24, 2.45) is 0 Å². The third-order valence-corrected chi connectivity index (χ3v) is 2.69. The zero-order valence-corrected chi connectivity index (χ0v) is 10.3. The van der Waals surface area contributed by atoms with E-state index in [9.17, 15) is 4.79 Å². The number of carbonyl (C=O) groups excluding carboxylic acids is 1. The zero-order chi connectivity index (χ0) is 11.4. The van der Waals surface area contributed by atoms with Crippen molar-refractivity contribution >= 4 is 21.8 Å². The van der Waals surface area contributed by atoms with Crippen LogP contribution in [0.15, 0.2) is 21.4 Å². The van der Waals surface area contributed by atoms with Crippen LogP contribution in [-0.4, -0.2) is 35.6 Å². The van der Waals surface area contributed by atoms with Crippen molar-refractivity contribution in [3.05, 3.63) is 22.6 Å². The van der Waals surface area contributed by atoms with Crippen molar-refractivity contribution in [1.82, 2.24) is 4.90 Å². The Morgan fingerprint density at radius 1 is 1.73 bits per heavy atom. The van der Waals surface area contributed by atoms with Gasteiger partial charge in [-0.1, -0.05) is 0 Å².